The van der Waals surface area contributed by atoms with Gasteiger partial charge in [-0.2, -0.15) is 27.2 Å². The van der Waals surface area contributed by atoms with Gasteiger partial charge in [0.1, 0.15) is 6.07 Å². The molecule has 1 aromatic rings. The summed E-state index contributed by atoms with van der Waals surface area (Å²) in [5.74, 6) is 0. The van der Waals surface area contributed by atoms with Gasteiger partial charge in [-0.1, -0.05) is 6.07 Å². The Kier molecular flexibility index (Phi) is 3.52. The first kappa shape index (κ1) is 13.6. The van der Waals surface area contributed by atoms with Gasteiger partial charge in [0.2, 0.25) is 0 Å². The molecule has 1 aromatic carbocycles. The van der Waals surface area contributed by atoms with E-state index in [4.69, 9.17) is 11.0 Å². The van der Waals surface area contributed by atoms with Gasteiger partial charge < -0.3 is 5.73 Å². The summed E-state index contributed by atoms with van der Waals surface area (Å²) in [5.41, 5.74) is 4.77. The molecule has 0 heterocycles. The molecular formula is C9H5F5N2S. The molecule has 0 aliphatic carbocycles. The number of hydrogen-bond acceptors (Lipinski definition) is 3. The number of halogens is 5. The van der Waals surface area contributed by atoms with E-state index in [9.17, 15) is 22.0 Å². The average Bonchev–Trinajstić information content (AvgIpc) is 2.15. The number of rotatable bonds is 2. The van der Waals surface area contributed by atoms with Crippen LogP contribution in [-0.4, -0.2) is 11.4 Å². The van der Waals surface area contributed by atoms with Gasteiger partial charge in [-0.05, 0) is 23.9 Å². The molecular weight excluding hydrogens is 263 g/mol. The zero-order valence-corrected chi connectivity index (χ0v) is 8.87. The first-order valence-corrected chi connectivity index (χ1v) is 4.93. The van der Waals surface area contributed by atoms with Crippen molar-refractivity contribution in [3.05, 3.63) is 23.8 Å². The molecule has 0 atom stereocenters. The largest absolute Gasteiger partial charge is 0.464 e. The summed E-state index contributed by atoms with van der Waals surface area (Å²) in [7, 11) is 0. The summed E-state index contributed by atoms with van der Waals surface area (Å²) in [6.07, 6.45) is -5.69. The van der Waals surface area contributed by atoms with Crippen molar-refractivity contribution in [2.75, 3.05) is 5.73 Å². The zero-order chi connectivity index (χ0) is 13.3. The fraction of sp³-hybridized carbons (Fsp3) is 0.222. The SMILES string of the molecule is N#Cc1c(N)cccc1SC(F)(F)C(F)(F)F. The third-order valence-corrected chi connectivity index (χ3v) is 2.79. The van der Waals surface area contributed by atoms with Gasteiger partial charge in [0.05, 0.1) is 11.3 Å². The van der Waals surface area contributed by atoms with Crippen LogP contribution in [0.25, 0.3) is 0 Å². The zero-order valence-electron chi connectivity index (χ0n) is 8.05. The van der Waals surface area contributed by atoms with E-state index >= 15 is 0 Å². The number of hydrogen-bond donors (Lipinski definition) is 1. The van der Waals surface area contributed by atoms with Crippen molar-refractivity contribution in [1.82, 2.24) is 0 Å². The Balaban J connectivity index is 3.14. The van der Waals surface area contributed by atoms with E-state index in [1.54, 1.807) is 0 Å². The molecule has 0 bridgehead atoms. The normalized spacial score (nSPS) is 12.2. The lowest BCUT2D eigenvalue weighted by Crippen LogP contribution is -2.32. The van der Waals surface area contributed by atoms with Gasteiger partial charge in [-0.3, -0.25) is 0 Å². The minimum Gasteiger partial charge on any atom is -0.398 e. The van der Waals surface area contributed by atoms with Crippen molar-refractivity contribution in [3.63, 3.8) is 0 Å². The molecule has 0 aliphatic rings. The van der Waals surface area contributed by atoms with Gasteiger partial charge in [-0.15, -0.1) is 0 Å². The molecule has 1 rings (SSSR count). The Bertz CT molecular complexity index is 463. The van der Waals surface area contributed by atoms with Crippen molar-refractivity contribution < 1.29 is 22.0 Å². The quantitative estimate of drug-likeness (QED) is 0.508. The maximum atomic E-state index is 12.8. The highest BCUT2D eigenvalue weighted by Crippen LogP contribution is 2.48. The van der Waals surface area contributed by atoms with E-state index in [1.807, 2.05) is 0 Å². The van der Waals surface area contributed by atoms with Crippen molar-refractivity contribution in [1.29, 1.82) is 5.26 Å². The summed E-state index contributed by atoms with van der Waals surface area (Å²) in [6, 6.07) is 4.92. The Labute approximate surface area is 97.2 Å². The summed E-state index contributed by atoms with van der Waals surface area (Å²) in [4.78, 5) is -0.505. The molecule has 0 aliphatic heterocycles. The van der Waals surface area contributed by atoms with E-state index in [2.05, 4.69) is 0 Å². The number of benzene rings is 1. The Hall–Kier alpha value is -1.49. The van der Waals surface area contributed by atoms with Crippen molar-refractivity contribution >= 4 is 17.4 Å². The Morgan fingerprint density at radius 1 is 1.18 bits per heavy atom. The van der Waals surface area contributed by atoms with Crippen molar-refractivity contribution in [3.8, 4) is 6.07 Å². The number of alkyl halides is 5. The van der Waals surface area contributed by atoms with Crippen LogP contribution in [0.4, 0.5) is 27.6 Å². The topological polar surface area (TPSA) is 49.8 Å². The summed E-state index contributed by atoms with van der Waals surface area (Å²) in [5, 5.41) is 3.66. The smallest absolute Gasteiger partial charge is 0.398 e. The van der Waals surface area contributed by atoms with Gasteiger partial charge in [0, 0.05) is 4.90 Å². The molecule has 0 aromatic heterocycles. The predicted molar refractivity (Wildman–Crippen MR) is 52.4 cm³/mol. The van der Waals surface area contributed by atoms with Crippen LogP contribution in [0, 0.1) is 11.3 Å². The molecule has 0 unspecified atom stereocenters. The van der Waals surface area contributed by atoms with E-state index in [-0.39, 0.29) is 11.3 Å². The molecule has 92 valence electrons. The van der Waals surface area contributed by atoms with Gasteiger partial charge in [-0.25, -0.2) is 0 Å². The number of anilines is 1. The molecule has 0 radical (unpaired) electrons. The fourth-order valence-corrected chi connectivity index (χ4v) is 1.75. The second-order valence-corrected chi connectivity index (χ2v) is 4.11. The first-order chi connectivity index (χ1) is 7.69. The highest BCUT2D eigenvalue weighted by molar-refractivity contribution is 8.00. The van der Waals surface area contributed by atoms with Gasteiger partial charge in [0.15, 0.2) is 0 Å². The summed E-state index contributed by atoms with van der Waals surface area (Å²) >= 11 is -0.743. The molecule has 8 heteroatoms. The minimum atomic E-state index is -5.69. The molecule has 2 nitrogen and oxygen atoms in total. The number of nitriles is 1. The predicted octanol–water partition coefficient (Wildman–Crippen LogP) is 3.39. The standard InChI is InChI=1S/C9H5F5N2S/c10-8(11,12)9(13,14)17-7-3-1-2-6(16)5(7)4-15/h1-3H,16H2. The van der Waals surface area contributed by atoms with Crippen LogP contribution in [0.5, 0.6) is 0 Å². The number of nitrogen functional groups attached to an aromatic ring is 1. The second kappa shape index (κ2) is 4.41. The van der Waals surface area contributed by atoms with Crippen LogP contribution in [-0.2, 0) is 0 Å². The third-order valence-electron chi connectivity index (χ3n) is 1.74. The molecule has 0 spiro atoms. The van der Waals surface area contributed by atoms with Crippen LogP contribution in [0.1, 0.15) is 5.56 Å². The summed E-state index contributed by atoms with van der Waals surface area (Å²) < 4.78 is 61.4. The lowest BCUT2D eigenvalue weighted by Gasteiger charge is -2.19. The third kappa shape index (κ3) is 2.79. The van der Waals surface area contributed by atoms with Crippen molar-refractivity contribution in [2.45, 2.75) is 16.3 Å². The van der Waals surface area contributed by atoms with Crippen LogP contribution in [0.3, 0.4) is 0 Å². The molecule has 0 saturated heterocycles. The van der Waals surface area contributed by atoms with Crippen LogP contribution < -0.4 is 5.73 Å². The molecule has 2 N–H and O–H groups in total. The first-order valence-electron chi connectivity index (χ1n) is 4.11. The fourth-order valence-electron chi connectivity index (χ4n) is 0.949. The average molecular weight is 268 g/mol. The van der Waals surface area contributed by atoms with Crippen molar-refractivity contribution in [2.24, 2.45) is 0 Å². The van der Waals surface area contributed by atoms with E-state index in [0.29, 0.717) is 0 Å². The number of thioether (sulfide) groups is 1. The Morgan fingerprint density at radius 3 is 2.24 bits per heavy atom. The van der Waals surface area contributed by atoms with Gasteiger partial charge in [0.25, 0.3) is 0 Å². The molecule has 0 amide bonds. The van der Waals surface area contributed by atoms with E-state index in [1.165, 1.54) is 18.2 Å². The Morgan fingerprint density at radius 2 is 1.76 bits per heavy atom. The number of nitrogens with two attached hydrogens (primary N) is 1. The molecule has 17 heavy (non-hydrogen) atoms. The monoisotopic (exact) mass is 268 g/mol. The van der Waals surface area contributed by atoms with Crippen LogP contribution >= 0.6 is 11.8 Å². The minimum absolute atomic E-state index is 0.143. The van der Waals surface area contributed by atoms with Crippen LogP contribution in [0.2, 0.25) is 0 Å². The highest BCUT2D eigenvalue weighted by atomic mass is 32.2. The lowest BCUT2D eigenvalue weighted by atomic mass is 10.2. The summed E-state index contributed by atoms with van der Waals surface area (Å²) in [6.45, 7) is 0. The lowest BCUT2D eigenvalue weighted by molar-refractivity contribution is -0.237. The molecule has 0 saturated carbocycles. The maximum absolute atomic E-state index is 12.8. The maximum Gasteiger partial charge on any atom is 0.464 e. The van der Waals surface area contributed by atoms with E-state index < -0.39 is 28.1 Å². The van der Waals surface area contributed by atoms with E-state index in [0.717, 1.165) is 6.07 Å². The molecule has 0 fully saturated rings. The second-order valence-electron chi connectivity index (χ2n) is 2.95. The van der Waals surface area contributed by atoms with Crippen LogP contribution in [0.15, 0.2) is 23.1 Å². The number of nitrogens with zero attached hydrogens (tertiary/aromatic N) is 1. The highest BCUT2D eigenvalue weighted by Gasteiger charge is 2.58. The van der Waals surface area contributed by atoms with Gasteiger partial charge >= 0.3 is 11.4 Å².